The van der Waals surface area contributed by atoms with Gasteiger partial charge in [0.15, 0.2) is 6.19 Å². The van der Waals surface area contributed by atoms with Crippen LogP contribution in [0.25, 0.3) is 10.2 Å². The van der Waals surface area contributed by atoms with E-state index in [1.54, 1.807) is 12.1 Å². The van der Waals surface area contributed by atoms with Gasteiger partial charge in [-0.1, -0.05) is 12.1 Å². The summed E-state index contributed by atoms with van der Waals surface area (Å²) in [4.78, 5) is 10.1. The standard InChI is InChI=1S/C19H16F3N5OS2/c1-2-24-17(25-10-12-3-6-14(7-4-12)28-19(20,21)22)27(11-23)13-5-8-15-16(9-13)30-18(29)26-15/h3-9H,2,10H2,1H3,(H,24,25)(H,26,29). The molecule has 0 unspecified atom stereocenters. The van der Waals surface area contributed by atoms with Gasteiger partial charge in [-0.3, -0.25) is 0 Å². The number of nitrogens with one attached hydrogen (secondary N) is 1. The van der Waals surface area contributed by atoms with Crippen LogP contribution in [0.4, 0.5) is 18.9 Å². The number of hydrogen-bond acceptors (Lipinski definition) is 6. The Bertz CT molecular complexity index is 1090. The molecule has 0 aliphatic heterocycles. The fraction of sp³-hybridized carbons (Fsp3) is 0.211. The molecule has 0 aliphatic rings. The first-order valence-electron chi connectivity index (χ1n) is 8.71. The predicted octanol–water partition coefficient (Wildman–Crippen LogP) is 4.94. The molecule has 6 nitrogen and oxygen atoms in total. The Kier molecular flexibility index (Phi) is 6.69. The summed E-state index contributed by atoms with van der Waals surface area (Å²) >= 11 is 5.65. The van der Waals surface area contributed by atoms with Crippen molar-refractivity contribution < 1.29 is 17.9 Å². The number of benzene rings is 2. The van der Waals surface area contributed by atoms with Crippen molar-refractivity contribution in [3.63, 3.8) is 0 Å². The molecule has 0 aliphatic carbocycles. The average Bonchev–Trinajstić information content (AvgIpc) is 3.06. The lowest BCUT2D eigenvalue weighted by atomic mass is 10.2. The summed E-state index contributed by atoms with van der Waals surface area (Å²) in [6, 6.07) is 10.8. The van der Waals surface area contributed by atoms with Crippen LogP contribution in [0.1, 0.15) is 12.5 Å². The Morgan fingerprint density at radius 1 is 1.30 bits per heavy atom. The highest BCUT2D eigenvalue weighted by Gasteiger charge is 2.30. The maximum Gasteiger partial charge on any atom is 0.573 e. The smallest absolute Gasteiger partial charge is 0.406 e. The third-order valence-electron chi connectivity index (χ3n) is 3.83. The summed E-state index contributed by atoms with van der Waals surface area (Å²) in [5.74, 6) is 0.0211. The normalized spacial score (nSPS) is 11.9. The zero-order valence-electron chi connectivity index (χ0n) is 15.6. The first-order valence-corrected chi connectivity index (χ1v) is 9.98. The van der Waals surface area contributed by atoms with Crippen molar-refractivity contribution in [2.45, 2.75) is 24.2 Å². The van der Waals surface area contributed by atoms with Crippen molar-refractivity contribution in [3.05, 3.63) is 48.0 Å². The van der Waals surface area contributed by atoms with E-state index in [2.05, 4.69) is 38.9 Å². The Labute approximate surface area is 180 Å². The fourth-order valence-corrected chi connectivity index (χ4v) is 3.74. The third-order valence-corrected chi connectivity index (χ3v) is 5.03. The van der Waals surface area contributed by atoms with Gasteiger partial charge in [-0.2, -0.15) is 5.26 Å². The van der Waals surface area contributed by atoms with Crippen LogP contribution in [-0.4, -0.2) is 23.9 Å². The number of rotatable bonds is 5. The van der Waals surface area contributed by atoms with Gasteiger partial charge < -0.3 is 10.1 Å². The summed E-state index contributed by atoms with van der Waals surface area (Å²) in [5, 5.41) is 12.8. The number of nitriles is 1. The van der Waals surface area contributed by atoms with Crippen molar-refractivity contribution in [1.82, 2.24) is 10.3 Å². The van der Waals surface area contributed by atoms with E-state index < -0.39 is 6.36 Å². The maximum absolute atomic E-state index is 12.3. The molecule has 2 aromatic carbocycles. The SMILES string of the molecule is CCN/C(=N\Cc1ccc(OC(F)(F)F)cc1)N(C#N)c1ccc2nc(S)sc2c1. The minimum atomic E-state index is -4.74. The predicted molar refractivity (Wildman–Crippen MR) is 113 cm³/mol. The Morgan fingerprint density at radius 2 is 2.03 bits per heavy atom. The van der Waals surface area contributed by atoms with Gasteiger partial charge in [0, 0.05) is 6.54 Å². The fourth-order valence-electron chi connectivity index (χ4n) is 2.59. The number of alkyl halides is 3. The van der Waals surface area contributed by atoms with Crippen molar-refractivity contribution in [1.29, 1.82) is 5.26 Å². The van der Waals surface area contributed by atoms with E-state index in [4.69, 9.17) is 0 Å². The maximum atomic E-state index is 12.3. The van der Waals surface area contributed by atoms with Crippen molar-refractivity contribution in [2.75, 3.05) is 11.4 Å². The number of aliphatic imine (C=N–C) groups is 1. The molecule has 3 rings (SSSR count). The summed E-state index contributed by atoms with van der Waals surface area (Å²) < 4.78 is 42.2. The molecular weight excluding hydrogens is 435 g/mol. The van der Waals surface area contributed by atoms with Gasteiger partial charge in [0.1, 0.15) is 10.1 Å². The number of anilines is 1. The number of aromatic nitrogens is 1. The lowest BCUT2D eigenvalue weighted by Crippen LogP contribution is -2.38. The molecule has 0 radical (unpaired) electrons. The number of guanidine groups is 1. The molecule has 1 N–H and O–H groups in total. The second kappa shape index (κ2) is 9.23. The molecule has 0 atom stereocenters. The first-order chi connectivity index (χ1) is 14.3. The molecule has 0 amide bonds. The molecule has 1 heterocycles. The molecule has 0 fully saturated rings. The van der Waals surface area contributed by atoms with Gasteiger partial charge in [0.2, 0.25) is 5.96 Å². The lowest BCUT2D eigenvalue weighted by Gasteiger charge is -2.19. The van der Waals surface area contributed by atoms with Crippen LogP contribution in [0.3, 0.4) is 0 Å². The minimum absolute atomic E-state index is 0.163. The van der Waals surface area contributed by atoms with E-state index in [0.29, 0.717) is 28.1 Å². The Balaban J connectivity index is 1.81. The molecular formula is C19H16F3N5OS2. The van der Waals surface area contributed by atoms with E-state index in [0.717, 1.165) is 10.2 Å². The van der Waals surface area contributed by atoms with Gasteiger partial charge in [-0.05, 0) is 42.8 Å². The molecule has 0 saturated heterocycles. The van der Waals surface area contributed by atoms with Crippen molar-refractivity contribution in [3.8, 4) is 11.9 Å². The monoisotopic (exact) mass is 451 g/mol. The van der Waals surface area contributed by atoms with Gasteiger partial charge in [0.25, 0.3) is 0 Å². The highest BCUT2D eigenvalue weighted by molar-refractivity contribution is 7.82. The van der Waals surface area contributed by atoms with Gasteiger partial charge in [0.05, 0.1) is 22.4 Å². The molecule has 0 spiro atoms. The number of thiol groups is 1. The highest BCUT2D eigenvalue weighted by atomic mass is 32.2. The van der Waals surface area contributed by atoms with Crippen LogP contribution in [-0.2, 0) is 6.54 Å². The number of hydrogen-bond donors (Lipinski definition) is 2. The van der Waals surface area contributed by atoms with E-state index in [1.807, 2.05) is 13.0 Å². The zero-order chi connectivity index (χ0) is 21.7. The highest BCUT2D eigenvalue weighted by Crippen LogP contribution is 2.28. The summed E-state index contributed by atoms with van der Waals surface area (Å²) in [6.45, 7) is 2.56. The molecule has 11 heteroatoms. The molecule has 0 bridgehead atoms. The number of halogens is 3. The largest absolute Gasteiger partial charge is 0.573 e. The van der Waals surface area contributed by atoms with Crippen LogP contribution in [0.5, 0.6) is 5.75 Å². The van der Waals surface area contributed by atoms with Crippen LogP contribution in [0.15, 0.2) is 51.8 Å². The van der Waals surface area contributed by atoms with E-state index in [-0.39, 0.29) is 12.3 Å². The molecule has 1 aromatic heterocycles. The van der Waals surface area contributed by atoms with Crippen LogP contribution < -0.4 is 15.0 Å². The molecule has 0 saturated carbocycles. The number of ether oxygens (including phenoxy) is 1. The van der Waals surface area contributed by atoms with Gasteiger partial charge in [-0.25, -0.2) is 14.9 Å². The molecule has 156 valence electrons. The summed E-state index contributed by atoms with van der Waals surface area (Å²) in [7, 11) is 0. The molecule has 30 heavy (non-hydrogen) atoms. The van der Waals surface area contributed by atoms with Gasteiger partial charge >= 0.3 is 6.36 Å². The number of nitrogens with zero attached hydrogens (tertiary/aromatic N) is 4. The molecule has 3 aromatic rings. The quantitative estimate of drug-likeness (QED) is 0.189. The lowest BCUT2D eigenvalue weighted by molar-refractivity contribution is -0.274. The van der Waals surface area contributed by atoms with E-state index >= 15 is 0 Å². The summed E-state index contributed by atoms with van der Waals surface area (Å²) in [5.41, 5.74) is 2.06. The topological polar surface area (TPSA) is 73.5 Å². The van der Waals surface area contributed by atoms with Crippen molar-refractivity contribution >= 4 is 45.8 Å². The van der Waals surface area contributed by atoms with E-state index in [1.165, 1.54) is 40.5 Å². The number of thiazole rings is 1. The minimum Gasteiger partial charge on any atom is -0.406 e. The van der Waals surface area contributed by atoms with Crippen molar-refractivity contribution in [2.24, 2.45) is 4.99 Å². The second-order valence-electron chi connectivity index (χ2n) is 5.95. The van der Waals surface area contributed by atoms with Gasteiger partial charge in [-0.15, -0.1) is 37.1 Å². The van der Waals surface area contributed by atoms with Crippen LogP contribution in [0.2, 0.25) is 0 Å². The summed E-state index contributed by atoms with van der Waals surface area (Å²) in [6.07, 6.45) is -2.63. The van der Waals surface area contributed by atoms with E-state index in [9.17, 15) is 18.4 Å². The Hall–Kier alpha value is -2.97. The second-order valence-corrected chi connectivity index (χ2v) is 7.70. The average molecular weight is 451 g/mol. The van der Waals surface area contributed by atoms with Crippen LogP contribution in [0, 0.1) is 11.5 Å². The van der Waals surface area contributed by atoms with Crippen LogP contribution >= 0.6 is 24.0 Å². The first kappa shape index (κ1) is 21.7. The third kappa shape index (κ3) is 5.55. The zero-order valence-corrected chi connectivity index (χ0v) is 17.4. The Morgan fingerprint density at radius 3 is 2.67 bits per heavy atom. The number of fused-ring (bicyclic) bond motifs is 1.